The van der Waals surface area contributed by atoms with Crippen molar-refractivity contribution < 1.29 is 18.0 Å². The number of benzene rings is 2. The van der Waals surface area contributed by atoms with Gasteiger partial charge >= 0.3 is 0 Å². The van der Waals surface area contributed by atoms with E-state index in [1.54, 1.807) is 0 Å². The number of rotatable bonds is 4. The Labute approximate surface area is 151 Å². The summed E-state index contributed by atoms with van der Waals surface area (Å²) in [5.41, 5.74) is 2.89. The molecule has 26 heavy (non-hydrogen) atoms. The van der Waals surface area contributed by atoms with Crippen LogP contribution in [0.2, 0.25) is 0 Å². The second-order valence-electron chi connectivity index (χ2n) is 6.05. The fraction of sp³-hybridized carbons (Fsp3) is 0.222. The molecule has 0 saturated carbocycles. The number of hydrogen-bond donors (Lipinski definition) is 3. The molecule has 0 saturated heterocycles. The molecule has 0 spiro atoms. The van der Waals surface area contributed by atoms with Gasteiger partial charge in [0.2, 0.25) is 11.8 Å². The summed E-state index contributed by atoms with van der Waals surface area (Å²) >= 11 is 0. The predicted octanol–water partition coefficient (Wildman–Crippen LogP) is 2.64. The van der Waals surface area contributed by atoms with Gasteiger partial charge in [-0.05, 0) is 42.7 Å². The lowest BCUT2D eigenvalue weighted by Crippen LogP contribution is -2.16. The van der Waals surface area contributed by atoms with Crippen molar-refractivity contribution in [3.8, 4) is 0 Å². The molecule has 2 aromatic carbocycles. The average Bonchev–Trinajstić information content (AvgIpc) is 2.72. The molecule has 0 atom stereocenters. The lowest BCUT2D eigenvalue weighted by molar-refractivity contribution is -0.123. The molecule has 0 radical (unpaired) electrons. The minimum absolute atomic E-state index is 0.00185. The Balaban J connectivity index is 1.99. The van der Waals surface area contributed by atoms with Crippen LogP contribution in [0.25, 0.3) is 0 Å². The molecule has 3 N–H and O–H groups in total. The number of para-hydroxylation sites is 1. The molecule has 1 heterocycles. The van der Waals surface area contributed by atoms with E-state index in [4.69, 9.17) is 0 Å². The smallest absolute Gasteiger partial charge is 0.261 e. The quantitative estimate of drug-likeness (QED) is 0.717. The Morgan fingerprint density at radius 2 is 1.73 bits per heavy atom. The molecule has 0 bridgehead atoms. The van der Waals surface area contributed by atoms with Crippen molar-refractivity contribution in [2.45, 2.75) is 31.6 Å². The van der Waals surface area contributed by atoms with Crippen LogP contribution in [0.5, 0.6) is 0 Å². The first-order chi connectivity index (χ1) is 12.3. The predicted molar refractivity (Wildman–Crippen MR) is 99.7 cm³/mol. The number of amides is 2. The molecule has 2 amide bonds. The first kappa shape index (κ1) is 17.9. The van der Waals surface area contributed by atoms with Gasteiger partial charge in [0.15, 0.2) is 0 Å². The molecule has 7 nitrogen and oxygen atoms in total. The first-order valence-corrected chi connectivity index (χ1v) is 9.63. The largest absolute Gasteiger partial charge is 0.324 e. The number of hydrogen-bond acceptors (Lipinski definition) is 4. The zero-order valence-electron chi connectivity index (χ0n) is 14.4. The number of fused-ring (bicyclic) bond motifs is 1. The summed E-state index contributed by atoms with van der Waals surface area (Å²) in [6.07, 6.45) is 0.379. The number of aryl methyl sites for hydroxylation is 2. The first-order valence-electron chi connectivity index (χ1n) is 8.15. The summed E-state index contributed by atoms with van der Waals surface area (Å²) in [6.45, 7) is 3.79. The molecule has 0 aliphatic carbocycles. The van der Waals surface area contributed by atoms with E-state index in [1.807, 2.05) is 32.0 Å². The molecule has 0 aromatic heterocycles. The van der Waals surface area contributed by atoms with E-state index >= 15 is 0 Å². The van der Waals surface area contributed by atoms with Crippen molar-refractivity contribution in [3.05, 3.63) is 47.5 Å². The van der Waals surface area contributed by atoms with Gasteiger partial charge in [0.05, 0.1) is 22.0 Å². The van der Waals surface area contributed by atoms with Gasteiger partial charge < -0.3 is 10.6 Å². The van der Waals surface area contributed by atoms with Gasteiger partial charge in [-0.25, -0.2) is 8.42 Å². The Hall–Kier alpha value is -2.87. The molecule has 0 unspecified atom stereocenters. The second kappa shape index (κ2) is 6.80. The van der Waals surface area contributed by atoms with E-state index in [0.29, 0.717) is 17.8 Å². The summed E-state index contributed by atoms with van der Waals surface area (Å²) in [6, 6.07) is 9.79. The van der Waals surface area contributed by atoms with Crippen LogP contribution in [-0.4, -0.2) is 20.2 Å². The summed E-state index contributed by atoms with van der Waals surface area (Å²) in [5.74, 6) is -0.932. The van der Waals surface area contributed by atoms with Crippen LogP contribution in [0, 0.1) is 6.92 Å². The van der Waals surface area contributed by atoms with Crippen LogP contribution >= 0.6 is 0 Å². The van der Waals surface area contributed by atoms with Crippen molar-refractivity contribution in [3.63, 3.8) is 0 Å². The van der Waals surface area contributed by atoms with Gasteiger partial charge in [0.1, 0.15) is 6.42 Å². The van der Waals surface area contributed by atoms with Gasteiger partial charge in [0.25, 0.3) is 10.0 Å². The standard InChI is InChI=1S/C18H19N3O4S/c1-3-12-6-4-5-11(2)18(12)21-26(24,25)13-7-8-14-15(9-13)20-17(23)10-16(22)19-14/h4-9,21H,3,10H2,1-2H3,(H,19,22)(H,20,23). The Morgan fingerprint density at radius 3 is 2.42 bits per heavy atom. The second-order valence-corrected chi connectivity index (χ2v) is 7.73. The molecular formula is C18H19N3O4S. The zero-order chi connectivity index (χ0) is 18.9. The number of carbonyl (C=O) groups excluding carboxylic acids is 2. The minimum Gasteiger partial charge on any atom is -0.324 e. The summed E-state index contributed by atoms with van der Waals surface area (Å²) in [5, 5.41) is 5.12. The van der Waals surface area contributed by atoms with E-state index in [9.17, 15) is 18.0 Å². The maximum Gasteiger partial charge on any atom is 0.261 e. The molecule has 1 aliphatic rings. The topological polar surface area (TPSA) is 104 Å². The Morgan fingerprint density at radius 1 is 1.04 bits per heavy atom. The maximum atomic E-state index is 12.8. The average molecular weight is 373 g/mol. The molecule has 136 valence electrons. The van der Waals surface area contributed by atoms with Gasteiger partial charge in [-0.15, -0.1) is 0 Å². The molecule has 2 aromatic rings. The SMILES string of the molecule is CCc1cccc(C)c1NS(=O)(=O)c1ccc2c(c1)NC(=O)CC(=O)N2. The van der Waals surface area contributed by atoms with Crippen LogP contribution in [0.3, 0.4) is 0 Å². The highest BCUT2D eigenvalue weighted by molar-refractivity contribution is 7.92. The zero-order valence-corrected chi connectivity index (χ0v) is 15.2. The van der Waals surface area contributed by atoms with Gasteiger partial charge in [-0.2, -0.15) is 0 Å². The number of nitrogens with one attached hydrogen (secondary N) is 3. The van der Waals surface area contributed by atoms with E-state index in [1.165, 1.54) is 18.2 Å². The van der Waals surface area contributed by atoms with E-state index in [-0.39, 0.29) is 17.0 Å². The van der Waals surface area contributed by atoms with Crippen LogP contribution in [0.4, 0.5) is 17.1 Å². The molecule has 8 heteroatoms. The fourth-order valence-corrected chi connectivity index (χ4v) is 4.00. The molecule has 1 aliphatic heterocycles. The van der Waals surface area contributed by atoms with Crippen molar-refractivity contribution in [1.29, 1.82) is 0 Å². The summed E-state index contributed by atoms with van der Waals surface area (Å²) < 4.78 is 28.3. The van der Waals surface area contributed by atoms with Crippen LogP contribution in [0.15, 0.2) is 41.3 Å². The van der Waals surface area contributed by atoms with Gasteiger partial charge in [-0.1, -0.05) is 25.1 Å². The van der Waals surface area contributed by atoms with Gasteiger partial charge in [0, 0.05) is 0 Å². The highest BCUT2D eigenvalue weighted by atomic mass is 32.2. The third-order valence-electron chi connectivity index (χ3n) is 4.15. The van der Waals surface area contributed by atoms with Crippen molar-refractivity contribution in [2.75, 3.05) is 15.4 Å². The Bertz CT molecular complexity index is 999. The molecule has 3 rings (SSSR count). The van der Waals surface area contributed by atoms with Crippen molar-refractivity contribution in [1.82, 2.24) is 0 Å². The summed E-state index contributed by atoms with van der Waals surface area (Å²) in [7, 11) is -3.86. The fourth-order valence-electron chi connectivity index (χ4n) is 2.80. The molecule has 0 fully saturated rings. The number of carbonyl (C=O) groups is 2. The van der Waals surface area contributed by atoms with Gasteiger partial charge in [-0.3, -0.25) is 14.3 Å². The van der Waals surface area contributed by atoms with Crippen LogP contribution in [-0.2, 0) is 26.0 Å². The lowest BCUT2D eigenvalue weighted by atomic mass is 10.1. The number of anilines is 3. The van der Waals surface area contributed by atoms with Crippen molar-refractivity contribution >= 4 is 38.9 Å². The van der Waals surface area contributed by atoms with E-state index in [0.717, 1.165) is 11.1 Å². The minimum atomic E-state index is -3.86. The normalized spacial score (nSPS) is 14.1. The van der Waals surface area contributed by atoms with E-state index in [2.05, 4.69) is 15.4 Å². The maximum absolute atomic E-state index is 12.8. The monoisotopic (exact) mass is 373 g/mol. The van der Waals surface area contributed by atoms with Crippen molar-refractivity contribution in [2.24, 2.45) is 0 Å². The lowest BCUT2D eigenvalue weighted by Gasteiger charge is -2.15. The molecular weight excluding hydrogens is 354 g/mol. The summed E-state index contributed by atoms with van der Waals surface area (Å²) in [4.78, 5) is 23.3. The highest BCUT2D eigenvalue weighted by Gasteiger charge is 2.22. The van der Waals surface area contributed by atoms with Crippen LogP contribution < -0.4 is 15.4 Å². The third-order valence-corrected chi connectivity index (χ3v) is 5.49. The number of sulfonamides is 1. The van der Waals surface area contributed by atoms with E-state index < -0.39 is 21.8 Å². The third kappa shape index (κ3) is 3.55. The van der Waals surface area contributed by atoms with Crippen LogP contribution in [0.1, 0.15) is 24.5 Å². The highest BCUT2D eigenvalue weighted by Crippen LogP contribution is 2.30. The Kier molecular flexibility index (Phi) is 4.69.